The molecule has 7 nitrogen and oxygen atoms in total. The van der Waals surface area contributed by atoms with Gasteiger partial charge in [0.25, 0.3) is 5.91 Å². The maximum absolute atomic E-state index is 12.7. The number of hydrogen-bond donors (Lipinski definition) is 3. The molecule has 1 aromatic carbocycles. The number of nitrogen functional groups attached to an aromatic ring is 1. The zero-order chi connectivity index (χ0) is 18.1. The molecular formula is C19H23N3O4. The van der Waals surface area contributed by atoms with Gasteiger partial charge in [-0.1, -0.05) is 0 Å². The Hall–Kier alpha value is -2.12. The van der Waals surface area contributed by atoms with Crippen LogP contribution in [0, 0.1) is 11.8 Å². The minimum Gasteiger partial charge on any atom is -0.399 e. The van der Waals surface area contributed by atoms with Crippen LogP contribution in [0.1, 0.15) is 54.3 Å². The largest absolute Gasteiger partial charge is 0.399 e. The van der Waals surface area contributed by atoms with Gasteiger partial charge < -0.3 is 20.9 Å². The molecule has 7 heteroatoms. The van der Waals surface area contributed by atoms with Crippen molar-refractivity contribution in [1.82, 2.24) is 10.2 Å². The van der Waals surface area contributed by atoms with E-state index in [0.717, 1.165) is 25.7 Å². The fourth-order valence-electron chi connectivity index (χ4n) is 5.53. The van der Waals surface area contributed by atoms with Gasteiger partial charge in [-0.25, -0.2) is 0 Å². The molecule has 4 fully saturated rings. The quantitative estimate of drug-likeness (QED) is 0.704. The van der Waals surface area contributed by atoms with Crippen LogP contribution >= 0.6 is 0 Å². The molecule has 3 aliphatic heterocycles. The highest BCUT2D eigenvalue weighted by atomic mass is 16.5. The second-order valence-corrected chi connectivity index (χ2v) is 8.28. The summed E-state index contributed by atoms with van der Waals surface area (Å²) < 4.78 is 6.16. The highest BCUT2D eigenvalue weighted by Crippen LogP contribution is 2.51. The summed E-state index contributed by atoms with van der Waals surface area (Å²) in [6.07, 6.45) is 4.20. The number of amides is 2. The summed E-state index contributed by atoms with van der Waals surface area (Å²) >= 11 is 0. The number of nitrogens with two attached hydrogens (primary N) is 1. The van der Waals surface area contributed by atoms with Crippen LogP contribution in [0.3, 0.4) is 0 Å². The van der Waals surface area contributed by atoms with Gasteiger partial charge in [0.1, 0.15) is 12.3 Å². The third-order valence-electron chi connectivity index (χ3n) is 6.31. The smallest absolute Gasteiger partial charge is 0.257 e. The number of benzene rings is 1. The van der Waals surface area contributed by atoms with E-state index in [-0.39, 0.29) is 24.5 Å². The first-order valence-corrected chi connectivity index (χ1v) is 9.30. The lowest BCUT2D eigenvalue weighted by Crippen LogP contribution is -2.64. The number of fused-ring (bicyclic) bond motifs is 1. The SMILES string of the molecule is Nc1ccc2c(c1)C(O)N(CC(=O)NC13C[C@@H]4CC(C[C@@H](C4)C1)O3)C2=O. The summed E-state index contributed by atoms with van der Waals surface area (Å²) in [7, 11) is 0. The third kappa shape index (κ3) is 2.41. The molecule has 0 radical (unpaired) electrons. The number of hydrogen-bond acceptors (Lipinski definition) is 5. The van der Waals surface area contributed by atoms with Crippen molar-refractivity contribution in [1.29, 1.82) is 0 Å². The van der Waals surface area contributed by atoms with Crippen molar-refractivity contribution in [2.45, 2.75) is 50.2 Å². The average molecular weight is 357 g/mol. The lowest BCUT2D eigenvalue weighted by molar-refractivity contribution is -0.233. The molecule has 2 amide bonds. The van der Waals surface area contributed by atoms with Crippen LogP contribution < -0.4 is 11.1 Å². The number of nitrogens with zero attached hydrogens (tertiary/aromatic N) is 1. The van der Waals surface area contributed by atoms with E-state index in [0.29, 0.717) is 28.7 Å². The molecule has 5 aliphatic rings. The highest BCUT2D eigenvalue weighted by Gasteiger charge is 2.53. The standard InChI is InChI=1S/C19H23N3O4/c20-12-1-2-14-15(6-12)18(25)22(17(14)24)9-16(23)21-19-7-10-3-11(8-19)5-13(4-10)26-19/h1-2,6,10-11,13,18,25H,3-5,7-9,20H2,(H,21,23)/t10-,11+,13?,18?,19?. The van der Waals surface area contributed by atoms with E-state index in [1.807, 2.05) is 0 Å². The fourth-order valence-corrected chi connectivity index (χ4v) is 5.53. The molecule has 4 bridgehead atoms. The van der Waals surface area contributed by atoms with E-state index in [1.54, 1.807) is 18.2 Å². The van der Waals surface area contributed by atoms with Gasteiger partial charge in [0.05, 0.1) is 6.10 Å². The number of aliphatic hydroxyl groups is 1. The average Bonchev–Trinajstić information content (AvgIpc) is 2.77. The molecule has 4 N–H and O–H groups in total. The summed E-state index contributed by atoms with van der Waals surface area (Å²) in [5.41, 5.74) is 6.48. The fraction of sp³-hybridized carbons (Fsp3) is 0.579. The van der Waals surface area contributed by atoms with Gasteiger partial charge in [0.15, 0.2) is 6.23 Å². The van der Waals surface area contributed by atoms with Crippen LogP contribution in [0.5, 0.6) is 0 Å². The summed E-state index contributed by atoms with van der Waals surface area (Å²) in [6, 6.07) is 4.80. The molecular weight excluding hydrogens is 334 g/mol. The van der Waals surface area contributed by atoms with Gasteiger partial charge in [-0.2, -0.15) is 0 Å². The van der Waals surface area contributed by atoms with E-state index in [9.17, 15) is 14.7 Å². The van der Waals surface area contributed by atoms with Crippen molar-refractivity contribution >= 4 is 17.5 Å². The molecule has 2 saturated heterocycles. The van der Waals surface area contributed by atoms with E-state index in [2.05, 4.69) is 5.32 Å². The molecule has 26 heavy (non-hydrogen) atoms. The maximum Gasteiger partial charge on any atom is 0.257 e. The number of aliphatic hydroxyl groups excluding tert-OH is 1. The minimum atomic E-state index is -1.15. The zero-order valence-corrected chi connectivity index (χ0v) is 14.5. The van der Waals surface area contributed by atoms with Crippen LogP contribution in [0.25, 0.3) is 0 Å². The van der Waals surface area contributed by atoms with Gasteiger partial charge in [0.2, 0.25) is 5.91 Å². The van der Waals surface area contributed by atoms with Gasteiger partial charge in [-0.3, -0.25) is 14.5 Å². The predicted octanol–water partition coefficient (Wildman–Crippen LogP) is 1.14. The first-order valence-electron chi connectivity index (χ1n) is 9.30. The molecule has 2 aliphatic carbocycles. The van der Waals surface area contributed by atoms with Crippen molar-refractivity contribution in [2.24, 2.45) is 11.8 Å². The monoisotopic (exact) mass is 357 g/mol. The second kappa shape index (κ2) is 5.44. The zero-order valence-electron chi connectivity index (χ0n) is 14.5. The first kappa shape index (κ1) is 16.1. The van der Waals surface area contributed by atoms with Crippen molar-refractivity contribution in [3.63, 3.8) is 0 Å². The number of carbonyl (C=O) groups excluding carboxylic acids is 2. The molecule has 6 rings (SSSR count). The Bertz CT molecular complexity index is 758. The number of anilines is 1. The molecule has 0 spiro atoms. The molecule has 0 aromatic heterocycles. The number of rotatable bonds is 3. The van der Waals surface area contributed by atoms with Crippen LogP contribution in [-0.2, 0) is 9.53 Å². The van der Waals surface area contributed by atoms with E-state index < -0.39 is 12.0 Å². The summed E-state index contributed by atoms with van der Waals surface area (Å²) in [5.74, 6) is 0.592. The third-order valence-corrected chi connectivity index (χ3v) is 6.31. The van der Waals surface area contributed by atoms with Crippen LogP contribution in [0.2, 0.25) is 0 Å². The Morgan fingerprint density at radius 2 is 2.04 bits per heavy atom. The molecule has 1 aromatic rings. The number of nitrogens with one attached hydrogen (secondary N) is 1. The van der Waals surface area contributed by atoms with E-state index >= 15 is 0 Å². The molecule has 5 atom stereocenters. The minimum absolute atomic E-state index is 0.195. The molecule has 2 saturated carbocycles. The maximum atomic E-state index is 12.7. The Kier molecular flexibility index (Phi) is 3.36. The lowest BCUT2D eigenvalue weighted by atomic mass is 9.65. The highest BCUT2D eigenvalue weighted by molar-refractivity contribution is 6.01. The normalized spacial score (nSPS) is 37.1. The van der Waals surface area contributed by atoms with Gasteiger partial charge in [-0.05, 0) is 62.1 Å². The second-order valence-electron chi connectivity index (χ2n) is 8.28. The Labute approximate surface area is 151 Å². The molecule has 3 unspecified atom stereocenters. The van der Waals surface area contributed by atoms with E-state index in [4.69, 9.17) is 10.5 Å². The summed E-state index contributed by atoms with van der Waals surface area (Å²) in [4.78, 5) is 26.4. The predicted molar refractivity (Wildman–Crippen MR) is 92.7 cm³/mol. The number of ether oxygens (including phenoxy) is 1. The van der Waals surface area contributed by atoms with Crippen molar-refractivity contribution in [2.75, 3.05) is 12.3 Å². The lowest BCUT2D eigenvalue weighted by Gasteiger charge is -2.56. The van der Waals surface area contributed by atoms with Gasteiger partial charge in [-0.15, -0.1) is 0 Å². The van der Waals surface area contributed by atoms with Crippen LogP contribution in [-0.4, -0.2) is 40.2 Å². The van der Waals surface area contributed by atoms with Crippen molar-refractivity contribution < 1.29 is 19.4 Å². The first-order chi connectivity index (χ1) is 12.4. The summed E-state index contributed by atoms with van der Waals surface area (Å²) in [5, 5.41) is 13.5. The molecule has 3 heterocycles. The molecule has 138 valence electrons. The van der Waals surface area contributed by atoms with Crippen molar-refractivity contribution in [3.05, 3.63) is 29.3 Å². The van der Waals surface area contributed by atoms with Crippen LogP contribution in [0.4, 0.5) is 5.69 Å². The Morgan fingerprint density at radius 1 is 1.31 bits per heavy atom. The number of carbonyl (C=O) groups is 2. The van der Waals surface area contributed by atoms with Crippen molar-refractivity contribution in [3.8, 4) is 0 Å². The Morgan fingerprint density at radius 3 is 2.73 bits per heavy atom. The van der Waals surface area contributed by atoms with Gasteiger partial charge in [0, 0.05) is 16.8 Å². The van der Waals surface area contributed by atoms with Crippen LogP contribution in [0.15, 0.2) is 18.2 Å². The van der Waals surface area contributed by atoms with E-state index in [1.165, 1.54) is 11.3 Å². The summed E-state index contributed by atoms with van der Waals surface area (Å²) in [6.45, 7) is -0.195. The van der Waals surface area contributed by atoms with Gasteiger partial charge >= 0.3 is 0 Å². The topological polar surface area (TPSA) is 105 Å². The Balaban J connectivity index is 1.30.